The molecule has 1 aromatic heterocycles. The van der Waals surface area contributed by atoms with Gasteiger partial charge in [0.2, 0.25) is 11.9 Å². The van der Waals surface area contributed by atoms with E-state index in [0.717, 1.165) is 49.7 Å². The van der Waals surface area contributed by atoms with Gasteiger partial charge in [-0.15, -0.1) is 0 Å². The number of aromatic nitrogens is 2. The number of anilines is 1. The number of carbonyl (C=O) groups excluding carboxylic acids is 1. The Hall–Kier alpha value is -1.83. The van der Waals surface area contributed by atoms with E-state index >= 15 is 0 Å². The number of aromatic amines is 1. The van der Waals surface area contributed by atoms with Gasteiger partial charge in [0.1, 0.15) is 0 Å². The van der Waals surface area contributed by atoms with Crippen LogP contribution in [0.25, 0.3) is 11.0 Å². The van der Waals surface area contributed by atoms with E-state index < -0.39 is 0 Å². The third-order valence-electron chi connectivity index (χ3n) is 5.74. The molecule has 2 fully saturated rings. The lowest BCUT2D eigenvalue weighted by Gasteiger charge is -2.43. The van der Waals surface area contributed by atoms with E-state index in [1.165, 1.54) is 0 Å². The first-order chi connectivity index (χ1) is 13.3. The minimum Gasteiger partial charge on any atom is -0.339 e. The summed E-state index contributed by atoms with van der Waals surface area (Å²) in [5.74, 6) is 1.06. The highest BCUT2D eigenvalue weighted by atomic mass is 35.5. The van der Waals surface area contributed by atoms with E-state index in [2.05, 4.69) is 45.9 Å². The quantitative estimate of drug-likeness (QED) is 0.800. The molecule has 4 rings (SSSR count). The van der Waals surface area contributed by atoms with Gasteiger partial charge in [0, 0.05) is 56.4 Å². The first-order valence-electron chi connectivity index (χ1n) is 9.99. The zero-order valence-corrected chi connectivity index (χ0v) is 17.6. The fourth-order valence-corrected chi connectivity index (χ4v) is 4.17. The van der Waals surface area contributed by atoms with Crippen LogP contribution < -0.4 is 10.2 Å². The largest absolute Gasteiger partial charge is 0.339 e. The van der Waals surface area contributed by atoms with E-state index in [9.17, 15) is 4.79 Å². The molecule has 3 heterocycles. The molecule has 0 aliphatic carbocycles. The summed E-state index contributed by atoms with van der Waals surface area (Å²) in [6, 6.07) is 5.55. The second-order valence-electron chi connectivity index (χ2n) is 8.66. The van der Waals surface area contributed by atoms with Crippen molar-refractivity contribution in [3.05, 3.63) is 23.2 Å². The van der Waals surface area contributed by atoms with Crippen molar-refractivity contribution in [2.24, 2.45) is 0 Å². The maximum absolute atomic E-state index is 13.0. The first-order valence-corrected chi connectivity index (χ1v) is 10.4. The monoisotopic (exact) mass is 404 g/mol. The first kappa shape index (κ1) is 19.5. The second-order valence-corrected chi connectivity index (χ2v) is 9.09. The van der Waals surface area contributed by atoms with Crippen molar-refractivity contribution in [1.29, 1.82) is 0 Å². The van der Waals surface area contributed by atoms with Crippen LogP contribution in [-0.2, 0) is 4.79 Å². The number of imidazole rings is 1. The number of hydrogen-bond acceptors (Lipinski definition) is 5. The fourth-order valence-electron chi connectivity index (χ4n) is 4.00. The number of benzene rings is 1. The summed E-state index contributed by atoms with van der Waals surface area (Å²) in [5, 5.41) is 4.10. The Morgan fingerprint density at radius 1 is 1.18 bits per heavy atom. The number of rotatable bonds is 2. The smallest absolute Gasteiger partial charge is 0.241 e. The van der Waals surface area contributed by atoms with Crippen LogP contribution >= 0.6 is 11.6 Å². The fraction of sp³-hybridized carbons (Fsp3) is 0.600. The Morgan fingerprint density at radius 2 is 1.93 bits per heavy atom. The third kappa shape index (κ3) is 3.97. The van der Waals surface area contributed by atoms with E-state index in [4.69, 9.17) is 11.6 Å². The van der Waals surface area contributed by atoms with Crippen LogP contribution in [0.15, 0.2) is 18.2 Å². The van der Waals surface area contributed by atoms with Crippen molar-refractivity contribution >= 4 is 34.5 Å². The number of nitrogens with zero attached hydrogens (tertiary/aromatic N) is 4. The lowest BCUT2D eigenvalue weighted by molar-refractivity contribution is -0.135. The molecule has 0 spiro atoms. The Morgan fingerprint density at radius 3 is 2.64 bits per heavy atom. The predicted molar refractivity (Wildman–Crippen MR) is 113 cm³/mol. The van der Waals surface area contributed by atoms with E-state index in [-0.39, 0.29) is 17.5 Å². The molecule has 2 saturated heterocycles. The summed E-state index contributed by atoms with van der Waals surface area (Å²) in [6.45, 7) is 12.2. The summed E-state index contributed by atoms with van der Waals surface area (Å²) < 4.78 is 0. The predicted octanol–water partition coefficient (Wildman–Crippen LogP) is 1.94. The molecular formula is C20H29ClN6O. The highest BCUT2D eigenvalue weighted by Crippen LogP contribution is 2.22. The topological polar surface area (TPSA) is 67.5 Å². The van der Waals surface area contributed by atoms with Gasteiger partial charge in [-0.05, 0) is 39.0 Å². The lowest BCUT2D eigenvalue weighted by Crippen LogP contribution is -2.63. The van der Waals surface area contributed by atoms with Gasteiger partial charge < -0.3 is 20.1 Å². The molecule has 1 atom stereocenters. The van der Waals surface area contributed by atoms with Gasteiger partial charge in [-0.25, -0.2) is 4.98 Å². The van der Waals surface area contributed by atoms with Crippen molar-refractivity contribution in [2.45, 2.75) is 32.4 Å². The molecule has 2 aromatic rings. The number of amides is 1. The van der Waals surface area contributed by atoms with Crippen molar-refractivity contribution in [3.8, 4) is 0 Å². The zero-order chi connectivity index (χ0) is 19.9. The molecule has 1 amide bonds. The summed E-state index contributed by atoms with van der Waals surface area (Å²) in [5.41, 5.74) is 1.94. The number of fused-ring (bicyclic) bond motifs is 1. The number of H-pyrrole nitrogens is 1. The average Bonchev–Trinajstić information content (AvgIpc) is 3.10. The van der Waals surface area contributed by atoms with Gasteiger partial charge in [-0.3, -0.25) is 9.69 Å². The van der Waals surface area contributed by atoms with E-state index in [1.807, 2.05) is 23.1 Å². The number of carbonyl (C=O) groups is 1. The van der Waals surface area contributed by atoms with Crippen LogP contribution in [0.4, 0.5) is 5.95 Å². The minimum absolute atomic E-state index is 0.0868. The maximum Gasteiger partial charge on any atom is 0.241 e. The molecule has 28 heavy (non-hydrogen) atoms. The van der Waals surface area contributed by atoms with E-state index in [0.29, 0.717) is 18.1 Å². The summed E-state index contributed by atoms with van der Waals surface area (Å²) in [6.07, 6.45) is 0. The Balaban J connectivity index is 1.37. The molecule has 0 saturated carbocycles. The van der Waals surface area contributed by atoms with Gasteiger partial charge in [-0.1, -0.05) is 11.6 Å². The Bertz CT molecular complexity index is 852. The van der Waals surface area contributed by atoms with Crippen molar-refractivity contribution in [3.63, 3.8) is 0 Å². The highest BCUT2D eigenvalue weighted by molar-refractivity contribution is 6.31. The molecular weight excluding hydrogens is 376 g/mol. The normalized spacial score (nSPS) is 22.1. The third-order valence-corrected chi connectivity index (χ3v) is 5.98. The molecule has 8 heteroatoms. The Kier molecular flexibility index (Phi) is 5.24. The van der Waals surface area contributed by atoms with Gasteiger partial charge in [0.25, 0.3) is 0 Å². The van der Waals surface area contributed by atoms with Crippen LogP contribution in [0.1, 0.15) is 20.8 Å². The van der Waals surface area contributed by atoms with Crippen molar-refractivity contribution < 1.29 is 4.79 Å². The van der Waals surface area contributed by atoms with Crippen molar-refractivity contribution in [2.75, 3.05) is 50.7 Å². The minimum atomic E-state index is -0.118. The molecule has 1 unspecified atom stereocenters. The summed E-state index contributed by atoms with van der Waals surface area (Å²) >= 11 is 6.06. The molecule has 2 aliphatic heterocycles. The summed E-state index contributed by atoms with van der Waals surface area (Å²) in [4.78, 5) is 27.6. The zero-order valence-electron chi connectivity index (χ0n) is 16.8. The van der Waals surface area contributed by atoms with Crippen LogP contribution in [0.2, 0.25) is 5.02 Å². The number of halogens is 1. The molecule has 0 radical (unpaired) electrons. The standard InChI is InChI=1S/C20H29ClN6O/c1-20(2,3)27-7-6-22-17(13-27)18(28)25-8-10-26(11-9-25)19-23-15-5-4-14(21)12-16(15)24-19/h4-5,12,17,22H,6-11,13H2,1-3H3,(H,23,24). The number of nitrogens with one attached hydrogen (secondary N) is 2. The van der Waals surface area contributed by atoms with Gasteiger partial charge in [0.15, 0.2) is 0 Å². The molecule has 2 aliphatic rings. The number of piperazine rings is 2. The van der Waals surface area contributed by atoms with Crippen LogP contribution in [0, 0.1) is 0 Å². The molecule has 2 N–H and O–H groups in total. The second kappa shape index (κ2) is 7.54. The maximum atomic E-state index is 13.0. The van der Waals surface area contributed by atoms with Crippen molar-refractivity contribution in [1.82, 2.24) is 25.1 Å². The van der Waals surface area contributed by atoms with Crippen LogP contribution in [-0.4, -0.2) is 83.1 Å². The lowest BCUT2D eigenvalue weighted by atomic mass is 10.0. The summed E-state index contributed by atoms with van der Waals surface area (Å²) in [7, 11) is 0. The molecule has 0 bridgehead atoms. The van der Waals surface area contributed by atoms with Gasteiger partial charge in [0.05, 0.1) is 17.1 Å². The Labute approximate surface area is 171 Å². The molecule has 7 nitrogen and oxygen atoms in total. The van der Waals surface area contributed by atoms with Gasteiger partial charge in [-0.2, -0.15) is 0 Å². The van der Waals surface area contributed by atoms with Gasteiger partial charge >= 0.3 is 0 Å². The van der Waals surface area contributed by atoms with E-state index in [1.54, 1.807) is 0 Å². The van der Waals surface area contributed by atoms with Crippen LogP contribution in [0.3, 0.4) is 0 Å². The SMILES string of the molecule is CC(C)(C)N1CCNC(C(=O)N2CCN(c3nc4ccc(Cl)cc4[nH]3)CC2)C1. The molecule has 152 valence electrons. The number of hydrogen-bond donors (Lipinski definition) is 2. The molecule has 1 aromatic carbocycles. The van der Waals surface area contributed by atoms with Crippen LogP contribution in [0.5, 0.6) is 0 Å². The highest BCUT2D eigenvalue weighted by Gasteiger charge is 2.34. The average molecular weight is 405 g/mol.